The zero-order valence-electron chi connectivity index (χ0n) is 16.4. The Labute approximate surface area is 176 Å². The highest BCUT2D eigenvalue weighted by atomic mass is 32.2. The Morgan fingerprint density at radius 3 is 1.40 bits per heavy atom. The number of carboxylic acid groups (broad SMARTS) is 1. The Morgan fingerprint density at radius 2 is 1.17 bits per heavy atom. The van der Waals surface area contributed by atoms with Crippen LogP contribution in [0.2, 0.25) is 0 Å². The Hall–Kier alpha value is -3.00. The van der Waals surface area contributed by atoms with Crippen molar-refractivity contribution >= 4 is 16.0 Å². The SMILES string of the molecule is CS(=O)(=O)N([C@H](CO)C(=O)O)C(c1ccccc1)(c1ccccc1)c1ccccc1. The van der Waals surface area contributed by atoms with Crippen molar-refractivity contribution in [3.63, 3.8) is 0 Å². The summed E-state index contributed by atoms with van der Waals surface area (Å²) in [5.41, 5.74) is 0.177. The number of nitrogens with zero attached hydrogens (tertiary/aromatic N) is 1. The number of carboxylic acids is 1. The van der Waals surface area contributed by atoms with E-state index in [9.17, 15) is 23.4 Å². The molecule has 0 spiro atoms. The number of carbonyl (C=O) groups is 1. The second-order valence-electron chi connectivity index (χ2n) is 6.90. The van der Waals surface area contributed by atoms with Gasteiger partial charge in [0.25, 0.3) is 0 Å². The number of hydrogen-bond acceptors (Lipinski definition) is 4. The van der Waals surface area contributed by atoms with E-state index in [1.54, 1.807) is 91.0 Å². The lowest BCUT2D eigenvalue weighted by Gasteiger charge is -2.45. The standard InChI is InChI=1S/C23H23NO5S/c1-30(28,29)24(21(17-25)22(26)27)23(18-11-5-2-6-12-18,19-13-7-3-8-14-19)20-15-9-4-10-16-20/h2-16,21,25H,17H2,1H3,(H,26,27)/t21-/m1/s1. The minimum Gasteiger partial charge on any atom is -0.480 e. The summed E-state index contributed by atoms with van der Waals surface area (Å²) in [7, 11) is -4.13. The van der Waals surface area contributed by atoms with Crippen LogP contribution >= 0.6 is 0 Å². The molecule has 7 heteroatoms. The molecule has 0 amide bonds. The highest BCUT2D eigenvalue weighted by molar-refractivity contribution is 7.88. The number of hydrogen-bond donors (Lipinski definition) is 2. The van der Waals surface area contributed by atoms with Gasteiger partial charge in [-0.05, 0) is 16.7 Å². The van der Waals surface area contributed by atoms with E-state index in [1.165, 1.54) is 0 Å². The van der Waals surface area contributed by atoms with Gasteiger partial charge in [0, 0.05) is 0 Å². The molecule has 6 nitrogen and oxygen atoms in total. The average molecular weight is 426 g/mol. The average Bonchev–Trinajstić information content (AvgIpc) is 2.75. The topological polar surface area (TPSA) is 94.9 Å². The van der Waals surface area contributed by atoms with Crippen molar-refractivity contribution < 1.29 is 23.4 Å². The lowest BCUT2D eigenvalue weighted by Crippen LogP contribution is -2.59. The first-order valence-corrected chi connectivity index (χ1v) is 11.2. The highest BCUT2D eigenvalue weighted by Gasteiger charge is 2.51. The summed E-state index contributed by atoms with van der Waals surface area (Å²) in [6.45, 7) is -0.878. The van der Waals surface area contributed by atoms with E-state index >= 15 is 0 Å². The van der Waals surface area contributed by atoms with Crippen LogP contribution in [0.3, 0.4) is 0 Å². The lowest BCUT2D eigenvalue weighted by molar-refractivity contribution is -0.144. The van der Waals surface area contributed by atoms with Crippen LogP contribution in [0.1, 0.15) is 16.7 Å². The van der Waals surface area contributed by atoms with Gasteiger partial charge in [-0.1, -0.05) is 91.0 Å². The molecule has 3 aromatic carbocycles. The van der Waals surface area contributed by atoms with Gasteiger partial charge < -0.3 is 10.2 Å². The summed E-state index contributed by atoms with van der Waals surface area (Å²) < 4.78 is 27.2. The molecular weight excluding hydrogens is 402 g/mol. The van der Waals surface area contributed by atoms with Crippen LogP contribution in [0.5, 0.6) is 0 Å². The third-order valence-electron chi connectivity index (χ3n) is 5.00. The Kier molecular flexibility index (Phi) is 6.36. The van der Waals surface area contributed by atoms with Crippen LogP contribution in [0.25, 0.3) is 0 Å². The minimum absolute atomic E-state index is 0.563. The normalized spacial score (nSPS) is 13.2. The first-order chi connectivity index (χ1) is 14.3. The summed E-state index contributed by atoms with van der Waals surface area (Å²) in [5, 5.41) is 19.8. The van der Waals surface area contributed by atoms with Gasteiger partial charge in [-0.2, -0.15) is 4.31 Å². The van der Waals surface area contributed by atoms with E-state index in [4.69, 9.17) is 0 Å². The van der Waals surface area contributed by atoms with Crippen LogP contribution in [-0.4, -0.2) is 47.8 Å². The zero-order chi connectivity index (χ0) is 21.8. The molecular formula is C23H23NO5S. The minimum atomic E-state index is -4.13. The largest absolute Gasteiger partial charge is 0.480 e. The molecule has 0 saturated carbocycles. The number of aliphatic hydroxyl groups is 1. The maximum Gasteiger partial charge on any atom is 0.324 e. The summed E-state index contributed by atoms with van der Waals surface area (Å²) in [5.74, 6) is -1.44. The fourth-order valence-electron chi connectivity index (χ4n) is 3.89. The van der Waals surface area contributed by atoms with Gasteiger partial charge in [0.05, 0.1) is 12.9 Å². The van der Waals surface area contributed by atoms with Crippen molar-refractivity contribution in [1.82, 2.24) is 4.31 Å². The monoisotopic (exact) mass is 425 g/mol. The first kappa shape index (κ1) is 21.7. The molecule has 1 atom stereocenters. The number of aliphatic carboxylic acids is 1. The quantitative estimate of drug-likeness (QED) is 0.541. The predicted octanol–water partition coefficient (Wildman–Crippen LogP) is 2.69. The predicted molar refractivity (Wildman–Crippen MR) is 114 cm³/mol. The van der Waals surface area contributed by atoms with Gasteiger partial charge in [-0.25, -0.2) is 8.42 Å². The molecule has 2 N–H and O–H groups in total. The van der Waals surface area contributed by atoms with Crippen molar-refractivity contribution in [2.45, 2.75) is 11.6 Å². The number of sulfonamides is 1. The summed E-state index contributed by atoms with van der Waals surface area (Å²) in [6, 6.07) is 24.9. The van der Waals surface area contributed by atoms with E-state index in [-0.39, 0.29) is 0 Å². The lowest BCUT2D eigenvalue weighted by atomic mass is 9.76. The molecule has 30 heavy (non-hydrogen) atoms. The Balaban J connectivity index is 2.54. The number of benzene rings is 3. The van der Waals surface area contributed by atoms with E-state index in [1.807, 2.05) is 0 Å². The fourth-order valence-corrected chi connectivity index (χ4v) is 5.32. The highest BCUT2D eigenvalue weighted by Crippen LogP contribution is 2.44. The number of aliphatic hydroxyl groups excluding tert-OH is 1. The van der Waals surface area contributed by atoms with Gasteiger partial charge in [-0.15, -0.1) is 0 Å². The van der Waals surface area contributed by atoms with Crippen LogP contribution in [0.4, 0.5) is 0 Å². The first-order valence-electron chi connectivity index (χ1n) is 9.33. The second-order valence-corrected chi connectivity index (χ2v) is 8.76. The van der Waals surface area contributed by atoms with Crippen molar-refractivity contribution in [2.24, 2.45) is 0 Å². The molecule has 0 bridgehead atoms. The van der Waals surface area contributed by atoms with Crippen LogP contribution in [-0.2, 0) is 20.4 Å². The van der Waals surface area contributed by atoms with Crippen molar-refractivity contribution in [2.75, 3.05) is 12.9 Å². The molecule has 0 heterocycles. The van der Waals surface area contributed by atoms with Crippen LogP contribution < -0.4 is 0 Å². The molecule has 0 aliphatic heterocycles. The smallest absolute Gasteiger partial charge is 0.324 e. The Morgan fingerprint density at radius 1 is 0.833 bits per heavy atom. The van der Waals surface area contributed by atoms with Crippen LogP contribution in [0.15, 0.2) is 91.0 Å². The summed E-state index contributed by atoms with van der Waals surface area (Å²) >= 11 is 0. The second kappa shape index (κ2) is 8.79. The van der Waals surface area contributed by atoms with Gasteiger partial charge >= 0.3 is 5.97 Å². The molecule has 0 fully saturated rings. The summed E-state index contributed by atoms with van der Waals surface area (Å²) in [4.78, 5) is 12.1. The molecule has 0 unspecified atom stereocenters. The maximum atomic E-state index is 13.2. The molecule has 0 aliphatic rings. The third-order valence-corrected chi connectivity index (χ3v) is 6.25. The zero-order valence-corrected chi connectivity index (χ0v) is 17.2. The van der Waals surface area contributed by atoms with Gasteiger partial charge in [0.1, 0.15) is 11.6 Å². The molecule has 0 radical (unpaired) electrons. The molecule has 3 rings (SSSR count). The number of rotatable bonds is 8. The van der Waals surface area contributed by atoms with E-state index in [2.05, 4.69) is 0 Å². The maximum absolute atomic E-state index is 13.2. The van der Waals surface area contributed by atoms with E-state index in [0.717, 1.165) is 10.6 Å². The van der Waals surface area contributed by atoms with Gasteiger partial charge in [0.2, 0.25) is 10.0 Å². The van der Waals surface area contributed by atoms with Crippen LogP contribution in [0, 0.1) is 0 Å². The molecule has 0 aromatic heterocycles. The van der Waals surface area contributed by atoms with Crippen molar-refractivity contribution in [3.8, 4) is 0 Å². The fraction of sp³-hybridized carbons (Fsp3) is 0.174. The van der Waals surface area contributed by atoms with Gasteiger partial charge in [-0.3, -0.25) is 4.79 Å². The Bertz CT molecular complexity index is 990. The summed E-state index contributed by atoms with van der Waals surface area (Å²) in [6.07, 6.45) is 0.960. The molecule has 0 saturated heterocycles. The molecule has 156 valence electrons. The van der Waals surface area contributed by atoms with E-state index in [0.29, 0.717) is 16.7 Å². The van der Waals surface area contributed by atoms with Gasteiger partial charge in [0.15, 0.2) is 0 Å². The van der Waals surface area contributed by atoms with Crippen molar-refractivity contribution in [1.29, 1.82) is 0 Å². The molecule has 0 aliphatic carbocycles. The van der Waals surface area contributed by atoms with Crippen molar-refractivity contribution in [3.05, 3.63) is 108 Å². The van der Waals surface area contributed by atoms with E-state index < -0.39 is 34.2 Å². The molecule has 3 aromatic rings. The third kappa shape index (κ3) is 3.87.